The molecule has 0 amide bonds. The van der Waals surface area contributed by atoms with Crippen LogP contribution >= 0.6 is 11.9 Å². The number of aryl methyl sites for hydroxylation is 2. The third-order valence-corrected chi connectivity index (χ3v) is 7.32. The van der Waals surface area contributed by atoms with Crippen molar-refractivity contribution in [2.24, 2.45) is 11.1 Å². The molecular formula is C27H32N4O3S. The monoisotopic (exact) mass is 492 g/mol. The quantitative estimate of drug-likeness (QED) is 0.302. The fourth-order valence-electron chi connectivity index (χ4n) is 4.56. The van der Waals surface area contributed by atoms with Gasteiger partial charge in [-0.3, -0.25) is 4.72 Å². The molecule has 2 aromatic carbocycles. The van der Waals surface area contributed by atoms with Gasteiger partial charge in [0, 0.05) is 22.6 Å². The topological polar surface area (TPSA) is 110 Å². The van der Waals surface area contributed by atoms with E-state index in [2.05, 4.69) is 42.6 Å². The number of carbonyl (C=O) groups is 1. The number of aromatic nitrogens is 2. The van der Waals surface area contributed by atoms with Crippen LogP contribution in [0.25, 0.3) is 11.3 Å². The van der Waals surface area contributed by atoms with Gasteiger partial charge in [0.15, 0.2) is 0 Å². The molecule has 0 radical (unpaired) electrons. The summed E-state index contributed by atoms with van der Waals surface area (Å²) in [5.41, 5.74) is 10.9. The SMILES string of the molecule is Cc1cccc(C)c1-c1cc(OCC(N)CC2(C)CCC2)nc(NSc2cccc(C(=O)O)c2)n1. The Morgan fingerprint density at radius 3 is 2.54 bits per heavy atom. The van der Waals surface area contributed by atoms with Crippen molar-refractivity contribution < 1.29 is 14.6 Å². The van der Waals surface area contributed by atoms with Gasteiger partial charge in [-0.1, -0.05) is 37.6 Å². The molecule has 4 N–H and O–H groups in total. The second kappa shape index (κ2) is 10.7. The Morgan fingerprint density at radius 2 is 1.89 bits per heavy atom. The predicted octanol–water partition coefficient (Wildman–Crippen LogP) is 5.86. The molecule has 1 aliphatic carbocycles. The highest BCUT2D eigenvalue weighted by atomic mass is 32.2. The van der Waals surface area contributed by atoms with Crippen LogP contribution in [0.2, 0.25) is 0 Å². The van der Waals surface area contributed by atoms with Crippen molar-refractivity contribution in [3.05, 3.63) is 65.2 Å². The van der Waals surface area contributed by atoms with Gasteiger partial charge in [-0.15, -0.1) is 0 Å². The second-order valence-electron chi connectivity index (χ2n) is 9.66. The summed E-state index contributed by atoms with van der Waals surface area (Å²) in [4.78, 5) is 21.3. The summed E-state index contributed by atoms with van der Waals surface area (Å²) < 4.78 is 9.22. The highest BCUT2D eigenvalue weighted by molar-refractivity contribution is 8.00. The molecule has 3 aromatic rings. The number of carboxylic acid groups (broad SMARTS) is 1. The van der Waals surface area contributed by atoms with Crippen molar-refractivity contribution in [3.8, 4) is 17.1 Å². The molecule has 0 saturated heterocycles. The Morgan fingerprint density at radius 1 is 1.17 bits per heavy atom. The average Bonchev–Trinajstić information content (AvgIpc) is 2.80. The van der Waals surface area contributed by atoms with Gasteiger partial charge in [-0.05, 0) is 79.8 Å². The summed E-state index contributed by atoms with van der Waals surface area (Å²) in [6.45, 7) is 6.78. The third-order valence-electron chi connectivity index (χ3n) is 6.54. The zero-order chi connectivity index (χ0) is 25.0. The molecule has 1 heterocycles. The maximum atomic E-state index is 11.3. The minimum Gasteiger partial charge on any atom is -0.478 e. The predicted molar refractivity (Wildman–Crippen MR) is 140 cm³/mol. The van der Waals surface area contributed by atoms with Gasteiger partial charge in [0.1, 0.15) is 6.61 Å². The van der Waals surface area contributed by atoms with Crippen LogP contribution in [0.15, 0.2) is 53.4 Å². The molecular weight excluding hydrogens is 460 g/mol. The van der Waals surface area contributed by atoms with Gasteiger partial charge in [0.05, 0.1) is 11.3 Å². The largest absolute Gasteiger partial charge is 0.478 e. The minimum absolute atomic E-state index is 0.0662. The zero-order valence-corrected chi connectivity index (χ0v) is 21.2. The van der Waals surface area contributed by atoms with Crippen molar-refractivity contribution in [2.75, 3.05) is 11.3 Å². The number of hydrogen-bond acceptors (Lipinski definition) is 7. The van der Waals surface area contributed by atoms with Gasteiger partial charge >= 0.3 is 5.97 Å². The molecule has 0 spiro atoms. The van der Waals surface area contributed by atoms with Crippen LogP contribution in [0.4, 0.5) is 5.95 Å². The molecule has 1 fully saturated rings. The Hall–Kier alpha value is -3.10. The lowest BCUT2D eigenvalue weighted by Gasteiger charge is -2.40. The number of anilines is 1. The van der Waals surface area contributed by atoms with Gasteiger partial charge in [0.2, 0.25) is 11.8 Å². The number of aromatic carboxylic acids is 1. The molecule has 0 bridgehead atoms. The zero-order valence-electron chi connectivity index (χ0n) is 20.4. The fraction of sp³-hybridized carbons (Fsp3) is 0.370. The van der Waals surface area contributed by atoms with Gasteiger partial charge in [-0.25, -0.2) is 9.78 Å². The van der Waals surface area contributed by atoms with E-state index in [0.29, 0.717) is 23.9 Å². The lowest BCUT2D eigenvalue weighted by atomic mass is 9.67. The van der Waals surface area contributed by atoms with Crippen molar-refractivity contribution in [1.29, 1.82) is 0 Å². The van der Waals surface area contributed by atoms with E-state index in [-0.39, 0.29) is 11.6 Å². The highest BCUT2D eigenvalue weighted by Crippen LogP contribution is 2.43. The Kier molecular flexibility index (Phi) is 7.62. The lowest BCUT2D eigenvalue weighted by molar-refractivity contribution is 0.0696. The standard InChI is InChI=1S/C27H32N4O3S/c1-17-7-4-8-18(2)24(17)22-14-23(34-16-20(28)15-27(3)11-6-12-27)30-26(29-22)31-35-21-10-5-9-19(13-21)25(32)33/h4-5,7-10,13-14,20H,6,11-12,15-16,28H2,1-3H3,(H,32,33)(H,29,30,31). The number of carboxylic acids is 1. The van der Waals surface area contributed by atoms with Crippen molar-refractivity contribution in [3.63, 3.8) is 0 Å². The third kappa shape index (κ3) is 6.32. The highest BCUT2D eigenvalue weighted by Gasteiger charge is 2.33. The summed E-state index contributed by atoms with van der Waals surface area (Å²) in [6, 6.07) is 14.6. The number of hydrogen-bond donors (Lipinski definition) is 3. The van der Waals surface area contributed by atoms with Crippen LogP contribution in [0.3, 0.4) is 0 Å². The smallest absolute Gasteiger partial charge is 0.335 e. The second-order valence-corrected chi connectivity index (χ2v) is 10.5. The molecule has 184 valence electrons. The first-order valence-corrected chi connectivity index (χ1v) is 12.6. The summed E-state index contributed by atoms with van der Waals surface area (Å²) >= 11 is 1.25. The van der Waals surface area contributed by atoms with Crippen LogP contribution in [0.1, 0.15) is 54.1 Å². The van der Waals surface area contributed by atoms with Crippen LogP contribution in [0, 0.1) is 19.3 Å². The maximum absolute atomic E-state index is 11.3. The average molecular weight is 493 g/mol. The van der Waals surface area contributed by atoms with Crippen LogP contribution in [-0.2, 0) is 0 Å². The van der Waals surface area contributed by atoms with Gasteiger partial charge in [0.25, 0.3) is 0 Å². The van der Waals surface area contributed by atoms with E-state index in [0.717, 1.165) is 33.7 Å². The maximum Gasteiger partial charge on any atom is 0.335 e. The van der Waals surface area contributed by atoms with Crippen molar-refractivity contribution >= 4 is 23.9 Å². The normalized spacial score (nSPS) is 15.2. The number of rotatable bonds is 10. The number of ether oxygens (including phenoxy) is 1. The first kappa shape index (κ1) is 25.0. The first-order valence-electron chi connectivity index (χ1n) is 11.8. The van der Waals surface area contributed by atoms with Gasteiger partial charge in [-0.2, -0.15) is 4.98 Å². The van der Waals surface area contributed by atoms with Gasteiger partial charge < -0.3 is 15.6 Å². The summed E-state index contributed by atoms with van der Waals surface area (Å²) in [7, 11) is 0. The van der Waals surface area contributed by atoms with Crippen molar-refractivity contribution in [1.82, 2.24) is 9.97 Å². The summed E-state index contributed by atoms with van der Waals surface area (Å²) in [6.07, 6.45) is 4.65. The van der Waals surface area contributed by atoms with E-state index in [4.69, 9.17) is 15.5 Å². The number of nitrogens with one attached hydrogen (secondary N) is 1. The van der Waals surface area contributed by atoms with E-state index in [1.165, 1.54) is 31.2 Å². The lowest BCUT2D eigenvalue weighted by Crippen LogP contribution is -2.37. The minimum atomic E-state index is -0.969. The molecule has 1 aliphatic rings. The molecule has 7 nitrogen and oxygen atoms in total. The van der Waals surface area contributed by atoms with E-state index in [1.807, 2.05) is 18.2 Å². The molecule has 1 atom stereocenters. The molecule has 35 heavy (non-hydrogen) atoms. The Bertz CT molecular complexity index is 1190. The molecule has 4 rings (SSSR count). The van der Waals surface area contributed by atoms with E-state index < -0.39 is 5.97 Å². The molecule has 1 unspecified atom stereocenters. The molecule has 8 heteroatoms. The van der Waals surface area contributed by atoms with E-state index in [1.54, 1.807) is 18.2 Å². The Labute approximate surface area is 210 Å². The molecule has 1 aromatic heterocycles. The van der Waals surface area contributed by atoms with Crippen molar-refractivity contribution in [2.45, 2.75) is 57.4 Å². The number of benzene rings is 2. The fourth-order valence-corrected chi connectivity index (χ4v) is 5.19. The Balaban J connectivity index is 1.56. The molecule has 1 saturated carbocycles. The van der Waals surface area contributed by atoms with Crippen LogP contribution in [-0.4, -0.2) is 33.7 Å². The first-order chi connectivity index (χ1) is 16.7. The molecule has 0 aliphatic heterocycles. The summed E-state index contributed by atoms with van der Waals surface area (Å²) in [5, 5.41) is 9.26. The summed E-state index contributed by atoms with van der Waals surface area (Å²) in [5.74, 6) is -0.136. The number of nitrogens with two attached hydrogens (primary N) is 1. The van der Waals surface area contributed by atoms with E-state index >= 15 is 0 Å². The van der Waals surface area contributed by atoms with Crippen LogP contribution < -0.4 is 15.2 Å². The number of nitrogens with zero attached hydrogens (tertiary/aromatic N) is 2. The van der Waals surface area contributed by atoms with E-state index in [9.17, 15) is 9.90 Å². The van der Waals surface area contributed by atoms with Crippen LogP contribution in [0.5, 0.6) is 5.88 Å².